The maximum absolute atomic E-state index is 12.3. The molecule has 1 aliphatic rings. The summed E-state index contributed by atoms with van der Waals surface area (Å²) < 4.78 is 37.0. The van der Waals surface area contributed by atoms with Crippen LogP contribution in [0.1, 0.15) is 12.8 Å². The largest absolute Gasteiger partial charge is 0.398 e. The summed E-state index contributed by atoms with van der Waals surface area (Å²) in [4.78, 5) is 23.8. The van der Waals surface area contributed by atoms with Crippen molar-refractivity contribution < 1.29 is 22.8 Å². The number of anilines is 1. The van der Waals surface area contributed by atoms with Crippen molar-refractivity contribution in [1.29, 1.82) is 0 Å². The number of amides is 3. The molecule has 3 amide bonds. The summed E-state index contributed by atoms with van der Waals surface area (Å²) in [5.41, 5.74) is 0.274. The molecule has 1 fully saturated rings. The molecule has 0 saturated carbocycles. The van der Waals surface area contributed by atoms with Crippen LogP contribution in [0, 0.1) is 0 Å². The van der Waals surface area contributed by atoms with E-state index >= 15 is 0 Å². The van der Waals surface area contributed by atoms with Crippen molar-refractivity contribution in [3.05, 3.63) is 24.3 Å². The number of para-hydroxylation sites is 1. The van der Waals surface area contributed by atoms with Gasteiger partial charge >= 0.3 is 12.2 Å². The first kappa shape index (κ1) is 17.5. The van der Waals surface area contributed by atoms with Crippen molar-refractivity contribution in [3.8, 4) is 0 Å². The predicted octanol–water partition coefficient (Wildman–Crippen LogP) is 2.74. The Morgan fingerprint density at radius 2 is 2.09 bits per heavy atom. The molecule has 126 valence electrons. The summed E-state index contributed by atoms with van der Waals surface area (Å²) in [5.74, 6) is -1.30. The summed E-state index contributed by atoms with van der Waals surface area (Å²) in [7, 11) is 0. The molecule has 1 unspecified atom stereocenters. The Bertz CT molecular complexity index is 581. The average Bonchev–Trinajstić information content (AvgIpc) is 2.48. The molecule has 23 heavy (non-hydrogen) atoms. The Kier molecular flexibility index (Phi) is 5.75. The van der Waals surface area contributed by atoms with Gasteiger partial charge in [0.15, 0.2) is 0 Å². The van der Waals surface area contributed by atoms with Crippen molar-refractivity contribution >= 4 is 29.4 Å². The number of urea groups is 1. The Morgan fingerprint density at radius 3 is 2.78 bits per heavy atom. The number of alkyl halides is 3. The van der Waals surface area contributed by atoms with Crippen molar-refractivity contribution in [1.82, 2.24) is 10.6 Å². The van der Waals surface area contributed by atoms with Gasteiger partial charge in [-0.05, 0) is 25.0 Å². The summed E-state index contributed by atoms with van der Waals surface area (Å²) in [6, 6.07) is 4.97. The zero-order chi connectivity index (χ0) is 16.9. The van der Waals surface area contributed by atoms with E-state index in [9.17, 15) is 22.8 Å². The van der Waals surface area contributed by atoms with E-state index in [1.165, 1.54) is 12.1 Å². The number of thioether (sulfide) groups is 1. The Balaban J connectivity index is 1.96. The van der Waals surface area contributed by atoms with Crippen LogP contribution in [0.2, 0.25) is 0 Å². The molecule has 3 N–H and O–H groups in total. The highest BCUT2D eigenvalue weighted by molar-refractivity contribution is 7.99. The van der Waals surface area contributed by atoms with Crippen LogP contribution in [0.4, 0.5) is 23.7 Å². The highest BCUT2D eigenvalue weighted by Crippen LogP contribution is 2.32. The normalized spacial score (nSPS) is 18.2. The van der Waals surface area contributed by atoms with Crippen LogP contribution in [0.5, 0.6) is 0 Å². The quantitative estimate of drug-likeness (QED) is 0.734. The van der Waals surface area contributed by atoms with E-state index in [-0.39, 0.29) is 11.6 Å². The minimum atomic E-state index is -4.29. The third kappa shape index (κ3) is 5.66. The number of benzene rings is 1. The zero-order valence-electron chi connectivity index (χ0n) is 12.1. The maximum Gasteiger partial charge on any atom is 0.398 e. The van der Waals surface area contributed by atoms with Gasteiger partial charge in [0.05, 0.1) is 11.4 Å². The molecule has 1 saturated heterocycles. The summed E-state index contributed by atoms with van der Waals surface area (Å²) in [6.07, 6.45) is -3.00. The van der Waals surface area contributed by atoms with E-state index in [4.69, 9.17) is 0 Å². The number of hydrogen-bond acceptors (Lipinski definition) is 3. The Hall–Kier alpha value is -1.90. The molecule has 2 rings (SSSR count). The SMILES string of the molecule is O=C(Nc1ccccc1SCC(F)(F)F)NC1CCCNC1=O. The molecule has 9 heteroatoms. The fraction of sp³-hybridized carbons (Fsp3) is 0.429. The predicted molar refractivity (Wildman–Crippen MR) is 81.4 cm³/mol. The lowest BCUT2D eigenvalue weighted by Gasteiger charge is -2.23. The minimum Gasteiger partial charge on any atom is -0.354 e. The fourth-order valence-corrected chi connectivity index (χ4v) is 2.85. The summed E-state index contributed by atoms with van der Waals surface area (Å²) in [5, 5.41) is 7.66. The van der Waals surface area contributed by atoms with E-state index in [2.05, 4.69) is 16.0 Å². The van der Waals surface area contributed by atoms with Gasteiger partial charge in [0.25, 0.3) is 0 Å². The standard InChI is InChI=1S/C14H16F3N3O2S/c15-14(16,17)8-23-11-6-2-1-4-9(11)19-13(22)20-10-5-3-7-18-12(10)21/h1-2,4,6,10H,3,5,7-8H2,(H,18,21)(H2,19,20,22). The molecular weight excluding hydrogens is 331 g/mol. The van der Waals surface area contributed by atoms with Crippen molar-refractivity contribution in [2.24, 2.45) is 0 Å². The van der Waals surface area contributed by atoms with Gasteiger partial charge in [0.2, 0.25) is 5.91 Å². The van der Waals surface area contributed by atoms with E-state index < -0.39 is 24.0 Å². The minimum absolute atomic E-state index is 0.258. The maximum atomic E-state index is 12.3. The average molecular weight is 347 g/mol. The second-order valence-electron chi connectivity index (χ2n) is 4.98. The van der Waals surface area contributed by atoms with Gasteiger partial charge < -0.3 is 16.0 Å². The Labute approximate surface area is 135 Å². The number of carbonyl (C=O) groups excluding carboxylic acids is 2. The lowest BCUT2D eigenvalue weighted by Crippen LogP contribution is -2.51. The second-order valence-corrected chi connectivity index (χ2v) is 6.00. The first-order valence-corrected chi connectivity index (χ1v) is 7.97. The van der Waals surface area contributed by atoms with E-state index in [1.807, 2.05) is 0 Å². The molecule has 0 spiro atoms. The first-order chi connectivity index (χ1) is 10.8. The third-order valence-electron chi connectivity index (χ3n) is 3.12. The van der Waals surface area contributed by atoms with Crippen molar-refractivity contribution in [2.75, 3.05) is 17.6 Å². The molecule has 1 aliphatic heterocycles. The number of piperidine rings is 1. The van der Waals surface area contributed by atoms with Gasteiger partial charge in [-0.3, -0.25) is 4.79 Å². The third-order valence-corrected chi connectivity index (χ3v) is 4.26. The van der Waals surface area contributed by atoms with Gasteiger partial charge in [-0.1, -0.05) is 12.1 Å². The number of nitrogens with one attached hydrogen (secondary N) is 3. The number of rotatable bonds is 4. The van der Waals surface area contributed by atoms with Crippen LogP contribution in [0.25, 0.3) is 0 Å². The lowest BCUT2D eigenvalue weighted by atomic mass is 10.1. The van der Waals surface area contributed by atoms with Gasteiger partial charge in [0, 0.05) is 11.4 Å². The Morgan fingerprint density at radius 1 is 1.35 bits per heavy atom. The van der Waals surface area contributed by atoms with Crippen LogP contribution in [-0.4, -0.2) is 36.5 Å². The van der Waals surface area contributed by atoms with E-state index in [1.54, 1.807) is 12.1 Å². The van der Waals surface area contributed by atoms with E-state index in [0.29, 0.717) is 29.6 Å². The smallest absolute Gasteiger partial charge is 0.354 e. The first-order valence-electron chi connectivity index (χ1n) is 6.99. The van der Waals surface area contributed by atoms with Gasteiger partial charge in [-0.2, -0.15) is 13.2 Å². The number of carbonyl (C=O) groups is 2. The van der Waals surface area contributed by atoms with Gasteiger partial charge in [-0.15, -0.1) is 11.8 Å². The number of halogens is 3. The van der Waals surface area contributed by atoms with Crippen LogP contribution in [0.15, 0.2) is 29.2 Å². The van der Waals surface area contributed by atoms with Crippen LogP contribution in [0.3, 0.4) is 0 Å². The van der Waals surface area contributed by atoms with Crippen molar-refractivity contribution in [3.63, 3.8) is 0 Å². The molecule has 0 aliphatic carbocycles. The topological polar surface area (TPSA) is 70.2 Å². The van der Waals surface area contributed by atoms with Crippen LogP contribution >= 0.6 is 11.8 Å². The van der Waals surface area contributed by atoms with E-state index in [0.717, 1.165) is 6.42 Å². The fourth-order valence-electron chi connectivity index (χ4n) is 2.08. The second kappa shape index (κ2) is 7.58. The molecule has 1 aromatic carbocycles. The lowest BCUT2D eigenvalue weighted by molar-refractivity contribution is -0.124. The highest BCUT2D eigenvalue weighted by Gasteiger charge is 2.28. The van der Waals surface area contributed by atoms with Gasteiger partial charge in [-0.25, -0.2) is 4.79 Å². The summed E-state index contributed by atoms with van der Waals surface area (Å²) >= 11 is 0.596. The number of hydrogen-bond donors (Lipinski definition) is 3. The van der Waals surface area contributed by atoms with Crippen LogP contribution < -0.4 is 16.0 Å². The molecule has 1 heterocycles. The molecule has 1 aromatic rings. The van der Waals surface area contributed by atoms with Crippen molar-refractivity contribution in [2.45, 2.75) is 30.0 Å². The highest BCUT2D eigenvalue weighted by atomic mass is 32.2. The molecular formula is C14H16F3N3O2S. The summed E-state index contributed by atoms with van der Waals surface area (Å²) in [6.45, 7) is 0.579. The van der Waals surface area contributed by atoms with Gasteiger partial charge in [0.1, 0.15) is 6.04 Å². The zero-order valence-corrected chi connectivity index (χ0v) is 12.9. The molecule has 0 bridgehead atoms. The molecule has 0 radical (unpaired) electrons. The molecule has 5 nitrogen and oxygen atoms in total. The monoisotopic (exact) mass is 347 g/mol. The molecule has 1 atom stereocenters. The van der Waals surface area contributed by atoms with Crippen LogP contribution in [-0.2, 0) is 4.79 Å². The molecule has 0 aromatic heterocycles.